The molecule has 0 heterocycles. The van der Waals surface area contributed by atoms with Crippen molar-refractivity contribution in [3.63, 3.8) is 0 Å². The maximum atomic E-state index is 9.05. The van der Waals surface area contributed by atoms with Gasteiger partial charge < -0.3 is 10.6 Å². The van der Waals surface area contributed by atoms with Gasteiger partial charge >= 0.3 is 0 Å². The molecule has 1 rings (SSSR count). The summed E-state index contributed by atoms with van der Waals surface area (Å²) in [5, 5.41) is 9.05. The van der Waals surface area contributed by atoms with Gasteiger partial charge in [0.1, 0.15) is 6.04 Å². The minimum absolute atomic E-state index is 0.0975. The van der Waals surface area contributed by atoms with Crippen LogP contribution in [0.15, 0.2) is 24.3 Å². The van der Waals surface area contributed by atoms with Gasteiger partial charge in [-0.1, -0.05) is 19.1 Å². The van der Waals surface area contributed by atoms with Crippen molar-refractivity contribution >= 4 is 11.4 Å². The normalized spacial score (nSPS) is 11.8. The number of para-hydroxylation sites is 2. The second-order valence-corrected chi connectivity index (χ2v) is 3.40. The zero-order valence-electron chi connectivity index (χ0n) is 9.27. The van der Waals surface area contributed by atoms with Crippen molar-refractivity contribution < 1.29 is 0 Å². The molecular formula is C12H17N3. The summed E-state index contributed by atoms with van der Waals surface area (Å²) in [6.45, 7) is 4.84. The summed E-state index contributed by atoms with van der Waals surface area (Å²) in [6, 6.07) is 9.87. The van der Waals surface area contributed by atoms with Gasteiger partial charge in [0, 0.05) is 6.54 Å². The lowest BCUT2D eigenvalue weighted by atomic mass is 10.1. The number of anilines is 2. The standard InChI is InChI=1S/C12H17N3/c1-3-10(9-13)15(4-2)12-8-6-5-7-11(12)14/h5-8,10H,3-4,14H2,1-2H3. The Kier molecular flexibility index (Phi) is 3.99. The van der Waals surface area contributed by atoms with Gasteiger partial charge in [-0.05, 0) is 25.5 Å². The van der Waals surface area contributed by atoms with E-state index in [2.05, 4.69) is 6.07 Å². The van der Waals surface area contributed by atoms with Crippen LogP contribution in [0.5, 0.6) is 0 Å². The first-order valence-corrected chi connectivity index (χ1v) is 5.25. The molecule has 15 heavy (non-hydrogen) atoms. The summed E-state index contributed by atoms with van der Waals surface area (Å²) in [5.74, 6) is 0. The smallest absolute Gasteiger partial charge is 0.116 e. The maximum absolute atomic E-state index is 9.05. The van der Waals surface area contributed by atoms with E-state index in [4.69, 9.17) is 11.0 Å². The summed E-state index contributed by atoms with van der Waals surface area (Å²) in [6.07, 6.45) is 0.804. The Morgan fingerprint density at radius 2 is 2.07 bits per heavy atom. The van der Waals surface area contributed by atoms with E-state index in [1.54, 1.807) is 0 Å². The van der Waals surface area contributed by atoms with Crippen LogP contribution < -0.4 is 10.6 Å². The molecule has 1 aromatic rings. The lowest BCUT2D eigenvalue weighted by molar-refractivity contribution is 0.692. The highest BCUT2D eigenvalue weighted by molar-refractivity contribution is 5.68. The minimum Gasteiger partial charge on any atom is -0.397 e. The van der Waals surface area contributed by atoms with Gasteiger partial charge in [0.15, 0.2) is 0 Å². The largest absolute Gasteiger partial charge is 0.397 e. The van der Waals surface area contributed by atoms with Gasteiger partial charge in [0.2, 0.25) is 0 Å². The first kappa shape index (κ1) is 11.4. The highest BCUT2D eigenvalue weighted by atomic mass is 15.2. The second kappa shape index (κ2) is 5.26. The number of nitriles is 1. The van der Waals surface area contributed by atoms with Gasteiger partial charge in [-0.3, -0.25) is 0 Å². The Morgan fingerprint density at radius 1 is 1.40 bits per heavy atom. The molecule has 0 amide bonds. The summed E-state index contributed by atoms with van der Waals surface area (Å²) in [5.41, 5.74) is 7.58. The summed E-state index contributed by atoms with van der Waals surface area (Å²) in [7, 11) is 0. The maximum Gasteiger partial charge on any atom is 0.116 e. The van der Waals surface area contributed by atoms with Crippen LogP contribution in [0.4, 0.5) is 11.4 Å². The number of nitrogens with two attached hydrogens (primary N) is 1. The topological polar surface area (TPSA) is 53.0 Å². The van der Waals surface area contributed by atoms with Crippen molar-refractivity contribution in [3.8, 4) is 6.07 Å². The van der Waals surface area contributed by atoms with E-state index in [1.165, 1.54) is 0 Å². The number of benzene rings is 1. The van der Waals surface area contributed by atoms with Crippen molar-refractivity contribution in [2.24, 2.45) is 0 Å². The molecule has 3 nitrogen and oxygen atoms in total. The van der Waals surface area contributed by atoms with E-state index < -0.39 is 0 Å². The third kappa shape index (κ3) is 2.41. The Labute approximate surface area is 91.1 Å². The second-order valence-electron chi connectivity index (χ2n) is 3.40. The molecule has 1 unspecified atom stereocenters. The third-order valence-corrected chi connectivity index (χ3v) is 2.50. The van der Waals surface area contributed by atoms with E-state index >= 15 is 0 Å². The van der Waals surface area contributed by atoms with Crippen LogP contribution in [0, 0.1) is 11.3 Å². The highest BCUT2D eigenvalue weighted by Gasteiger charge is 2.16. The van der Waals surface area contributed by atoms with Gasteiger partial charge in [0.25, 0.3) is 0 Å². The van der Waals surface area contributed by atoms with Crippen LogP contribution in [0.3, 0.4) is 0 Å². The number of hydrogen-bond donors (Lipinski definition) is 1. The molecule has 0 fully saturated rings. The molecule has 0 bridgehead atoms. The fourth-order valence-electron chi connectivity index (χ4n) is 1.69. The van der Waals surface area contributed by atoms with Crippen LogP contribution in [0.2, 0.25) is 0 Å². The molecule has 80 valence electrons. The first-order valence-electron chi connectivity index (χ1n) is 5.25. The molecular weight excluding hydrogens is 186 g/mol. The third-order valence-electron chi connectivity index (χ3n) is 2.50. The molecule has 2 N–H and O–H groups in total. The van der Waals surface area contributed by atoms with Crippen LogP contribution in [-0.2, 0) is 0 Å². The lowest BCUT2D eigenvalue weighted by Crippen LogP contribution is -2.34. The van der Waals surface area contributed by atoms with Crippen molar-refractivity contribution in [2.45, 2.75) is 26.3 Å². The molecule has 0 aliphatic carbocycles. The molecule has 1 atom stereocenters. The van der Waals surface area contributed by atoms with E-state index in [0.717, 1.165) is 24.3 Å². The SMILES string of the molecule is CCC(C#N)N(CC)c1ccccc1N. The minimum atomic E-state index is -0.0975. The Hall–Kier alpha value is -1.69. The van der Waals surface area contributed by atoms with Gasteiger partial charge in [-0.15, -0.1) is 0 Å². The van der Waals surface area contributed by atoms with Crippen LogP contribution in [0.1, 0.15) is 20.3 Å². The average molecular weight is 203 g/mol. The molecule has 1 aromatic carbocycles. The molecule has 0 saturated heterocycles. The molecule has 0 aliphatic heterocycles. The Bertz CT molecular complexity index is 354. The van der Waals surface area contributed by atoms with Crippen LogP contribution in [0.25, 0.3) is 0 Å². The molecule has 0 aliphatic rings. The van der Waals surface area contributed by atoms with E-state index in [-0.39, 0.29) is 6.04 Å². The van der Waals surface area contributed by atoms with Crippen molar-refractivity contribution in [2.75, 3.05) is 17.2 Å². The fraction of sp³-hybridized carbons (Fsp3) is 0.417. The number of hydrogen-bond acceptors (Lipinski definition) is 3. The molecule has 0 radical (unpaired) electrons. The summed E-state index contributed by atoms with van der Waals surface area (Å²) in [4.78, 5) is 2.04. The highest BCUT2D eigenvalue weighted by Crippen LogP contribution is 2.24. The Morgan fingerprint density at radius 3 is 2.53 bits per heavy atom. The molecule has 0 aromatic heterocycles. The van der Waals surface area contributed by atoms with Gasteiger partial charge in [0.05, 0.1) is 17.4 Å². The predicted octanol–water partition coefficient (Wildman–Crippen LogP) is 2.40. The lowest BCUT2D eigenvalue weighted by Gasteiger charge is -2.28. The zero-order valence-corrected chi connectivity index (χ0v) is 9.27. The number of nitrogens with zero attached hydrogens (tertiary/aromatic N) is 2. The quantitative estimate of drug-likeness (QED) is 0.764. The van der Waals surface area contributed by atoms with Crippen molar-refractivity contribution in [1.29, 1.82) is 5.26 Å². The number of nitrogen functional groups attached to an aromatic ring is 1. The average Bonchev–Trinajstić information content (AvgIpc) is 2.27. The molecule has 3 heteroatoms. The zero-order chi connectivity index (χ0) is 11.3. The van der Waals surface area contributed by atoms with Crippen molar-refractivity contribution in [3.05, 3.63) is 24.3 Å². The molecule has 0 spiro atoms. The van der Waals surface area contributed by atoms with E-state index in [0.29, 0.717) is 0 Å². The van der Waals surface area contributed by atoms with Gasteiger partial charge in [-0.2, -0.15) is 5.26 Å². The van der Waals surface area contributed by atoms with Crippen molar-refractivity contribution in [1.82, 2.24) is 0 Å². The van der Waals surface area contributed by atoms with E-state index in [1.807, 2.05) is 43.0 Å². The van der Waals surface area contributed by atoms with Gasteiger partial charge in [-0.25, -0.2) is 0 Å². The summed E-state index contributed by atoms with van der Waals surface area (Å²) < 4.78 is 0. The summed E-state index contributed by atoms with van der Waals surface area (Å²) >= 11 is 0. The first-order chi connectivity index (χ1) is 7.24. The number of rotatable bonds is 4. The Balaban J connectivity index is 3.03. The van der Waals surface area contributed by atoms with Crippen LogP contribution in [-0.4, -0.2) is 12.6 Å². The van der Waals surface area contributed by atoms with Crippen LogP contribution >= 0.6 is 0 Å². The monoisotopic (exact) mass is 203 g/mol. The fourth-order valence-corrected chi connectivity index (χ4v) is 1.69. The predicted molar refractivity (Wildman–Crippen MR) is 63.6 cm³/mol. The van der Waals surface area contributed by atoms with E-state index in [9.17, 15) is 0 Å². The molecule has 0 saturated carbocycles.